The Balaban J connectivity index is 1.73. The first-order valence-electron chi connectivity index (χ1n) is 8.37. The average molecular weight is 288 g/mol. The number of benzene rings is 1. The lowest BCUT2D eigenvalue weighted by Crippen LogP contribution is -2.34. The molecular formula is C18H28N2O. The smallest absolute Gasteiger partial charge is 0.223 e. The molecule has 1 aromatic carbocycles. The van der Waals surface area contributed by atoms with E-state index in [4.69, 9.17) is 0 Å². The molecule has 3 nitrogen and oxygen atoms in total. The van der Waals surface area contributed by atoms with Crippen LogP contribution in [0.5, 0.6) is 0 Å². The van der Waals surface area contributed by atoms with Crippen LogP contribution in [-0.4, -0.2) is 19.0 Å². The first-order valence-corrected chi connectivity index (χ1v) is 8.37. The normalized spacial score (nSPS) is 15.7. The quantitative estimate of drug-likeness (QED) is 0.648. The Bertz CT molecular complexity index is 414. The van der Waals surface area contributed by atoms with Crippen molar-refractivity contribution in [2.75, 3.05) is 13.1 Å². The second kappa shape index (κ2) is 8.83. The van der Waals surface area contributed by atoms with Gasteiger partial charge < -0.3 is 10.6 Å². The number of nitrogens with one attached hydrogen (secondary N) is 2. The molecule has 0 radical (unpaired) electrons. The van der Waals surface area contributed by atoms with Crippen molar-refractivity contribution in [2.24, 2.45) is 5.92 Å². The zero-order chi connectivity index (χ0) is 14.9. The van der Waals surface area contributed by atoms with E-state index in [0.29, 0.717) is 12.0 Å². The van der Waals surface area contributed by atoms with Gasteiger partial charge >= 0.3 is 0 Å². The molecule has 0 heterocycles. The number of amides is 1. The summed E-state index contributed by atoms with van der Waals surface area (Å²) in [6.45, 7) is 3.80. The lowest BCUT2D eigenvalue weighted by atomic mass is 10.0. The molecule has 3 heteroatoms. The molecule has 1 aliphatic carbocycles. The molecule has 0 spiro atoms. The van der Waals surface area contributed by atoms with Crippen molar-refractivity contribution in [1.29, 1.82) is 0 Å². The van der Waals surface area contributed by atoms with Crippen LogP contribution in [0.1, 0.15) is 57.1 Å². The van der Waals surface area contributed by atoms with Crippen molar-refractivity contribution < 1.29 is 4.79 Å². The number of carbonyl (C=O) groups is 1. The summed E-state index contributed by atoms with van der Waals surface area (Å²) in [5, 5.41) is 6.61. The summed E-state index contributed by atoms with van der Waals surface area (Å²) in [7, 11) is 0. The number of carbonyl (C=O) groups excluding carboxylic acids is 1. The van der Waals surface area contributed by atoms with Crippen LogP contribution >= 0.6 is 0 Å². The molecule has 116 valence electrons. The van der Waals surface area contributed by atoms with Crippen molar-refractivity contribution in [1.82, 2.24) is 10.6 Å². The maximum atomic E-state index is 11.6. The van der Waals surface area contributed by atoms with E-state index in [9.17, 15) is 4.79 Å². The Kier molecular flexibility index (Phi) is 6.74. The molecule has 1 aromatic rings. The molecule has 1 atom stereocenters. The Labute approximate surface area is 128 Å². The molecule has 0 saturated heterocycles. The van der Waals surface area contributed by atoms with Crippen LogP contribution in [-0.2, 0) is 4.79 Å². The Morgan fingerprint density at radius 2 is 1.95 bits per heavy atom. The molecule has 1 aliphatic rings. The first-order chi connectivity index (χ1) is 10.3. The third-order valence-corrected chi connectivity index (χ3v) is 4.06. The van der Waals surface area contributed by atoms with Gasteiger partial charge in [0.25, 0.3) is 0 Å². The van der Waals surface area contributed by atoms with Gasteiger partial charge in [-0.3, -0.25) is 4.79 Å². The van der Waals surface area contributed by atoms with Crippen molar-refractivity contribution >= 4 is 5.91 Å². The van der Waals surface area contributed by atoms with E-state index in [-0.39, 0.29) is 5.91 Å². The Morgan fingerprint density at radius 1 is 1.19 bits per heavy atom. The topological polar surface area (TPSA) is 41.1 Å². The van der Waals surface area contributed by atoms with Gasteiger partial charge in [-0.2, -0.15) is 0 Å². The van der Waals surface area contributed by atoms with Crippen molar-refractivity contribution in [3.05, 3.63) is 35.9 Å². The number of rotatable bonds is 10. The fourth-order valence-electron chi connectivity index (χ4n) is 2.59. The van der Waals surface area contributed by atoms with E-state index in [2.05, 4.69) is 47.9 Å². The van der Waals surface area contributed by atoms with Gasteiger partial charge in [0.05, 0.1) is 0 Å². The van der Waals surface area contributed by atoms with E-state index in [1.165, 1.54) is 24.8 Å². The summed E-state index contributed by atoms with van der Waals surface area (Å²) >= 11 is 0. The van der Waals surface area contributed by atoms with Crippen molar-refractivity contribution in [3.63, 3.8) is 0 Å². The predicted octanol–water partition coefficient (Wildman–Crippen LogP) is 3.42. The molecule has 2 rings (SSSR count). The number of hydrogen-bond acceptors (Lipinski definition) is 2. The van der Waals surface area contributed by atoms with E-state index in [1.807, 2.05) is 0 Å². The highest BCUT2D eigenvalue weighted by molar-refractivity contribution is 5.80. The molecule has 1 amide bonds. The van der Waals surface area contributed by atoms with Gasteiger partial charge in [-0.15, -0.1) is 0 Å². The lowest BCUT2D eigenvalue weighted by Gasteiger charge is -2.19. The molecule has 1 fully saturated rings. The molecular weight excluding hydrogens is 260 g/mol. The minimum Gasteiger partial charge on any atom is -0.355 e. The van der Waals surface area contributed by atoms with Crippen LogP contribution in [0.15, 0.2) is 30.3 Å². The molecule has 2 N–H and O–H groups in total. The summed E-state index contributed by atoms with van der Waals surface area (Å²) in [6, 6.07) is 11.0. The molecule has 21 heavy (non-hydrogen) atoms. The largest absolute Gasteiger partial charge is 0.355 e. The van der Waals surface area contributed by atoms with E-state index in [0.717, 1.165) is 32.4 Å². The summed E-state index contributed by atoms with van der Waals surface area (Å²) in [6.07, 6.45) is 7.08. The highest BCUT2D eigenvalue weighted by atomic mass is 16.2. The van der Waals surface area contributed by atoms with E-state index >= 15 is 0 Å². The van der Waals surface area contributed by atoms with Crippen LogP contribution in [0.3, 0.4) is 0 Å². The van der Waals surface area contributed by atoms with Crippen LogP contribution in [0.4, 0.5) is 0 Å². The van der Waals surface area contributed by atoms with Crippen LogP contribution in [0.25, 0.3) is 0 Å². The summed E-state index contributed by atoms with van der Waals surface area (Å²) in [5.74, 6) is 0.540. The van der Waals surface area contributed by atoms with Gasteiger partial charge in [-0.25, -0.2) is 0 Å². The summed E-state index contributed by atoms with van der Waals surface area (Å²) in [5.41, 5.74) is 1.35. The minimum atomic E-state index is 0.235. The Morgan fingerprint density at radius 3 is 2.62 bits per heavy atom. The van der Waals surface area contributed by atoms with Crippen molar-refractivity contribution in [3.8, 4) is 0 Å². The molecule has 0 aromatic heterocycles. The Hall–Kier alpha value is -1.35. The van der Waals surface area contributed by atoms with Gasteiger partial charge in [0.2, 0.25) is 5.91 Å². The molecule has 0 bridgehead atoms. The molecule has 1 unspecified atom stereocenters. The van der Waals surface area contributed by atoms with Gasteiger partial charge in [-0.1, -0.05) is 56.5 Å². The maximum Gasteiger partial charge on any atom is 0.223 e. The van der Waals surface area contributed by atoms with Gasteiger partial charge in [0.1, 0.15) is 0 Å². The molecule has 0 aliphatic heterocycles. The molecule has 1 saturated carbocycles. The first kappa shape index (κ1) is 16.0. The zero-order valence-electron chi connectivity index (χ0n) is 13.1. The van der Waals surface area contributed by atoms with Gasteiger partial charge in [0.15, 0.2) is 0 Å². The van der Waals surface area contributed by atoms with Crippen molar-refractivity contribution in [2.45, 2.75) is 51.5 Å². The van der Waals surface area contributed by atoms with E-state index in [1.54, 1.807) is 0 Å². The zero-order valence-corrected chi connectivity index (χ0v) is 13.1. The third-order valence-electron chi connectivity index (χ3n) is 4.06. The average Bonchev–Trinajstić information content (AvgIpc) is 3.35. The monoisotopic (exact) mass is 288 g/mol. The van der Waals surface area contributed by atoms with Crippen LogP contribution in [0, 0.1) is 5.92 Å². The standard InChI is InChI=1S/C18H28N2O/c1-2-3-5-10-17(15-8-6-4-7-9-15)19-13-14-20-18(21)16-11-12-16/h4,6-9,16-17,19H,2-3,5,10-14H2,1H3,(H,20,21). The fraction of sp³-hybridized carbons (Fsp3) is 0.611. The lowest BCUT2D eigenvalue weighted by molar-refractivity contribution is -0.122. The van der Waals surface area contributed by atoms with Crippen LogP contribution < -0.4 is 10.6 Å². The van der Waals surface area contributed by atoms with E-state index < -0.39 is 0 Å². The number of unbranched alkanes of at least 4 members (excludes halogenated alkanes) is 2. The number of hydrogen-bond donors (Lipinski definition) is 2. The second-order valence-corrected chi connectivity index (χ2v) is 5.98. The summed E-state index contributed by atoms with van der Waals surface area (Å²) in [4.78, 5) is 11.6. The predicted molar refractivity (Wildman–Crippen MR) is 87.1 cm³/mol. The second-order valence-electron chi connectivity index (χ2n) is 5.98. The third kappa shape index (κ3) is 5.88. The fourth-order valence-corrected chi connectivity index (χ4v) is 2.59. The SMILES string of the molecule is CCCCCC(NCCNC(=O)C1CC1)c1ccccc1. The van der Waals surface area contributed by atoms with Gasteiger partial charge in [0, 0.05) is 25.0 Å². The highest BCUT2D eigenvalue weighted by Crippen LogP contribution is 2.28. The summed E-state index contributed by atoms with van der Waals surface area (Å²) < 4.78 is 0. The highest BCUT2D eigenvalue weighted by Gasteiger charge is 2.28. The minimum absolute atomic E-state index is 0.235. The maximum absolute atomic E-state index is 11.6. The van der Waals surface area contributed by atoms with Crippen LogP contribution in [0.2, 0.25) is 0 Å². The van der Waals surface area contributed by atoms with Gasteiger partial charge in [-0.05, 0) is 24.8 Å².